The van der Waals surface area contributed by atoms with Gasteiger partial charge < -0.3 is 14.8 Å². The standard InChI is InChI=1S/C13H10N6OS/c1-19-6-15-5-9(19)11-17-12(20-18-11)7-2-3-8-10(4-7)21-13(14)16-8/h2-6H,1H3,(H2,14,16). The molecule has 4 rings (SSSR count). The minimum Gasteiger partial charge on any atom is -0.375 e. The molecule has 3 heterocycles. The summed E-state index contributed by atoms with van der Waals surface area (Å²) < 4.78 is 8.16. The number of nitrogen functional groups attached to an aromatic ring is 1. The molecule has 0 aliphatic carbocycles. The van der Waals surface area contributed by atoms with Crippen molar-refractivity contribution in [3.05, 3.63) is 30.7 Å². The fourth-order valence-corrected chi connectivity index (χ4v) is 2.87. The predicted molar refractivity (Wildman–Crippen MR) is 79.5 cm³/mol. The number of aryl methyl sites for hydroxylation is 1. The molecule has 7 nitrogen and oxygen atoms in total. The number of imidazole rings is 1. The van der Waals surface area contributed by atoms with Crippen molar-refractivity contribution >= 4 is 26.7 Å². The van der Waals surface area contributed by atoms with Crippen LogP contribution in [-0.4, -0.2) is 24.7 Å². The van der Waals surface area contributed by atoms with Gasteiger partial charge in [0.05, 0.1) is 22.7 Å². The van der Waals surface area contributed by atoms with Crippen LogP contribution in [0.15, 0.2) is 35.2 Å². The van der Waals surface area contributed by atoms with Gasteiger partial charge in [-0.1, -0.05) is 16.5 Å². The number of fused-ring (bicyclic) bond motifs is 1. The molecule has 0 amide bonds. The summed E-state index contributed by atoms with van der Waals surface area (Å²) >= 11 is 1.43. The minimum atomic E-state index is 0.458. The van der Waals surface area contributed by atoms with Gasteiger partial charge in [-0.15, -0.1) is 0 Å². The zero-order valence-corrected chi connectivity index (χ0v) is 11.8. The second kappa shape index (κ2) is 4.38. The van der Waals surface area contributed by atoms with Crippen molar-refractivity contribution in [2.45, 2.75) is 0 Å². The van der Waals surface area contributed by atoms with Gasteiger partial charge in [0.1, 0.15) is 5.69 Å². The van der Waals surface area contributed by atoms with Crippen LogP contribution in [-0.2, 0) is 7.05 Å². The van der Waals surface area contributed by atoms with Crippen LogP contribution in [0.2, 0.25) is 0 Å². The lowest BCUT2D eigenvalue weighted by molar-refractivity contribution is 0.432. The van der Waals surface area contributed by atoms with Crippen LogP contribution in [0.3, 0.4) is 0 Å². The number of rotatable bonds is 2. The lowest BCUT2D eigenvalue weighted by Crippen LogP contribution is -1.90. The van der Waals surface area contributed by atoms with E-state index in [2.05, 4.69) is 20.1 Å². The van der Waals surface area contributed by atoms with Crippen LogP contribution in [0.25, 0.3) is 33.2 Å². The molecule has 1 aromatic carbocycles. The Bertz CT molecular complexity index is 937. The Morgan fingerprint density at radius 3 is 3.00 bits per heavy atom. The number of hydrogen-bond acceptors (Lipinski definition) is 7. The molecule has 104 valence electrons. The molecule has 0 aliphatic heterocycles. The van der Waals surface area contributed by atoms with Crippen LogP contribution < -0.4 is 5.73 Å². The normalized spacial score (nSPS) is 11.3. The van der Waals surface area contributed by atoms with Gasteiger partial charge in [-0.2, -0.15) is 4.98 Å². The van der Waals surface area contributed by atoms with E-state index >= 15 is 0 Å². The van der Waals surface area contributed by atoms with E-state index in [1.54, 1.807) is 12.5 Å². The molecule has 8 heteroatoms. The molecule has 0 fully saturated rings. The molecule has 0 saturated carbocycles. The van der Waals surface area contributed by atoms with Crippen molar-refractivity contribution in [2.24, 2.45) is 7.05 Å². The van der Waals surface area contributed by atoms with E-state index in [4.69, 9.17) is 10.3 Å². The Morgan fingerprint density at radius 2 is 2.19 bits per heavy atom. The monoisotopic (exact) mass is 298 g/mol. The fourth-order valence-electron chi connectivity index (χ4n) is 2.09. The lowest BCUT2D eigenvalue weighted by atomic mass is 10.2. The summed E-state index contributed by atoms with van der Waals surface area (Å²) in [6.07, 6.45) is 3.39. The summed E-state index contributed by atoms with van der Waals surface area (Å²) in [7, 11) is 1.88. The summed E-state index contributed by atoms with van der Waals surface area (Å²) in [5, 5.41) is 4.54. The zero-order chi connectivity index (χ0) is 14.4. The Hall–Kier alpha value is -2.74. The van der Waals surface area contributed by atoms with Crippen LogP contribution in [0.1, 0.15) is 0 Å². The second-order valence-corrected chi connectivity index (χ2v) is 5.61. The van der Waals surface area contributed by atoms with Crippen LogP contribution in [0.4, 0.5) is 5.13 Å². The largest absolute Gasteiger partial charge is 0.375 e. The van der Waals surface area contributed by atoms with Gasteiger partial charge in [-0.05, 0) is 18.2 Å². The summed E-state index contributed by atoms with van der Waals surface area (Å²) in [6, 6.07) is 5.73. The molecular weight excluding hydrogens is 288 g/mol. The Labute approximate surface area is 123 Å². The second-order valence-electron chi connectivity index (χ2n) is 4.55. The molecule has 3 aromatic heterocycles. The van der Waals surface area contributed by atoms with E-state index < -0.39 is 0 Å². The highest BCUT2D eigenvalue weighted by molar-refractivity contribution is 7.22. The minimum absolute atomic E-state index is 0.458. The van der Waals surface area contributed by atoms with Crippen molar-refractivity contribution in [1.82, 2.24) is 24.7 Å². The van der Waals surface area contributed by atoms with E-state index in [0.717, 1.165) is 21.5 Å². The van der Waals surface area contributed by atoms with E-state index in [9.17, 15) is 0 Å². The molecule has 2 N–H and O–H groups in total. The Kier molecular flexibility index (Phi) is 2.51. The first-order valence-corrected chi connectivity index (χ1v) is 6.99. The number of hydrogen-bond donors (Lipinski definition) is 1. The van der Waals surface area contributed by atoms with Gasteiger partial charge in [0.15, 0.2) is 5.13 Å². The zero-order valence-electron chi connectivity index (χ0n) is 11.0. The third kappa shape index (κ3) is 1.96. The predicted octanol–water partition coefficient (Wildman–Crippen LogP) is 2.33. The molecule has 21 heavy (non-hydrogen) atoms. The first-order valence-electron chi connectivity index (χ1n) is 6.17. The van der Waals surface area contributed by atoms with Gasteiger partial charge in [-0.3, -0.25) is 0 Å². The fraction of sp³-hybridized carbons (Fsp3) is 0.0769. The van der Waals surface area contributed by atoms with Gasteiger partial charge >= 0.3 is 0 Å². The molecule has 0 atom stereocenters. The highest BCUT2D eigenvalue weighted by atomic mass is 32.1. The van der Waals surface area contributed by atoms with E-state index in [1.165, 1.54) is 11.3 Å². The topological polar surface area (TPSA) is 95.7 Å². The number of nitrogens with two attached hydrogens (primary N) is 1. The molecule has 0 bridgehead atoms. The maximum Gasteiger partial charge on any atom is 0.258 e. The summed E-state index contributed by atoms with van der Waals surface area (Å²) in [5.74, 6) is 0.967. The molecule has 4 aromatic rings. The highest BCUT2D eigenvalue weighted by Crippen LogP contribution is 2.29. The number of benzene rings is 1. The van der Waals surface area contributed by atoms with E-state index in [0.29, 0.717) is 16.8 Å². The van der Waals surface area contributed by atoms with E-state index in [-0.39, 0.29) is 0 Å². The van der Waals surface area contributed by atoms with Crippen molar-refractivity contribution < 1.29 is 4.52 Å². The maximum absolute atomic E-state index is 5.71. The quantitative estimate of drug-likeness (QED) is 0.610. The number of nitrogens with zero attached hydrogens (tertiary/aromatic N) is 5. The molecule has 0 unspecified atom stereocenters. The molecular formula is C13H10N6OS. The molecule has 0 radical (unpaired) electrons. The average Bonchev–Trinajstić information content (AvgIpc) is 3.15. The van der Waals surface area contributed by atoms with Crippen LogP contribution >= 0.6 is 11.3 Å². The molecule has 0 spiro atoms. The Balaban J connectivity index is 1.78. The summed E-state index contributed by atoms with van der Waals surface area (Å²) in [6.45, 7) is 0. The van der Waals surface area contributed by atoms with Crippen molar-refractivity contribution in [2.75, 3.05) is 5.73 Å². The lowest BCUT2D eigenvalue weighted by Gasteiger charge is -1.94. The summed E-state index contributed by atoms with van der Waals surface area (Å²) in [5.41, 5.74) is 8.22. The third-order valence-electron chi connectivity index (χ3n) is 3.12. The van der Waals surface area contributed by atoms with Crippen LogP contribution in [0.5, 0.6) is 0 Å². The number of aromatic nitrogens is 5. The SMILES string of the molecule is Cn1cncc1-c1noc(-c2ccc3nc(N)sc3c2)n1. The van der Waals surface area contributed by atoms with Crippen molar-refractivity contribution in [1.29, 1.82) is 0 Å². The maximum atomic E-state index is 5.71. The summed E-state index contributed by atoms with van der Waals surface area (Å²) in [4.78, 5) is 12.7. The first-order chi connectivity index (χ1) is 10.2. The van der Waals surface area contributed by atoms with E-state index in [1.807, 2.05) is 29.8 Å². The Morgan fingerprint density at radius 1 is 1.29 bits per heavy atom. The van der Waals surface area contributed by atoms with Crippen molar-refractivity contribution in [3.8, 4) is 23.0 Å². The van der Waals surface area contributed by atoms with Crippen LogP contribution in [0, 0.1) is 0 Å². The first kappa shape index (κ1) is 12.0. The number of thiazole rings is 1. The average molecular weight is 298 g/mol. The molecule has 0 saturated heterocycles. The third-order valence-corrected chi connectivity index (χ3v) is 3.97. The molecule has 0 aliphatic rings. The van der Waals surface area contributed by atoms with Gasteiger partial charge in [0.25, 0.3) is 5.89 Å². The number of anilines is 1. The highest BCUT2D eigenvalue weighted by Gasteiger charge is 2.14. The van der Waals surface area contributed by atoms with Gasteiger partial charge in [0, 0.05) is 12.6 Å². The smallest absolute Gasteiger partial charge is 0.258 e. The van der Waals surface area contributed by atoms with Crippen molar-refractivity contribution in [3.63, 3.8) is 0 Å². The van der Waals surface area contributed by atoms with Gasteiger partial charge in [0.2, 0.25) is 5.82 Å². The van der Waals surface area contributed by atoms with Gasteiger partial charge in [-0.25, -0.2) is 9.97 Å².